The van der Waals surface area contributed by atoms with Crippen LogP contribution in [0.2, 0.25) is 0 Å². The lowest BCUT2D eigenvalue weighted by Crippen LogP contribution is -2.59. The predicted molar refractivity (Wildman–Crippen MR) is 86.2 cm³/mol. The van der Waals surface area contributed by atoms with E-state index < -0.39 is 47.4 Å². The van der Waals surface area contributed by atoms with Crippen LogP contribution < -0.4 is 5.32 Å². The van der Waals surface area contributed by atoms with Crippen LogP contribution in [0.4, 0.5) is 0 Å². The average molecular weight is 352 g/mol. The fraction of sp³-hybridized carbons (Fsp3) is 0.562. The maximum Gasteiger partial charge on any atom is 0.327 e. The molecule has 0 bridgehead atoms. The van der Waals surface area contributed by atoms with Crippen molar-refractivity contribution >= 4 is 29.1 Å². The van der Waals surface area contributed by atoms with E-state index in [1.54, 1.807) is 32.9 Å². The van der Waals surface area contributed by atoms with Gasteiger partial charge in [0.25, 0.3) is 0 Å². The number of imide groups is 1. The molecule has 7 nitrogen and oxygen atoms in total. The number of aliphatic hydroxyl groups excluding tert-OH is 1. The molecule has 2 aliphatic rings. The molecule has 8 heteroatoms. The first kappa shape index (κ1) is 17.1. The highest BCUT2D eigenvalue weighted by Gasteiger charge is 2.69. The van der Waals surface area contributed by atoms with Gasteiger partial charge >= 0.3 is 5.97 Å². The summed E-state index contributed by atoms with van der Waals surface area (Å²) in [5.74, 6) is -4.21. The number of carboxylic acids is 1. The standard InChI is InChI=1S/C16H20N2O5S/c1-15(2,3)18-12(20)9-10(13(18)21)16(7-19,14(22)23)17-11(9)8-5-4-6-24-8/h4-6,9-11,17,19H,7H2,1-3H3,(H,22,23). The maximum atomic E-state index is 13.0. The summed E-state index contributed by atoms with van der Waals surface area (Å²) in [5, 5.41) is 24.2. The molecule has 3 N–H and O–H groups in total. The number of hydrogen-bond donors (Lipinski definition) is 3. The highest BCUT2D eigenvalue weighted by Crippen LogP contribution is 2.50. The summed E-state index contributed by atoms with van der Waals surface area (Å²) in [6.07, 6.45) is 0. The molecule has 1 aromatic heterocycles. The van der Waals surface area contributed by atoms with Gasteiger partial charge in [-0.1, -0.05) is 6.07 Å². The quantitative estimate of drug-likeness (QED) is 0.688. The number of likely N-dealkylation sites (tertiary alicyclic amines) is 1. The normalized spacial score (nSPS) is 33.2. The van der Waals surface area contributed by atoms with Gasteiger partial charge in [0, 0.05) is 10.4 Å². The smallest absolute Gasteiger partial charge is 0.327 e. The molecular weight excluding hydrogens is 332 g/mol. The number of aliphatic hydroxyl groups is 1. The summed E-state index contributed by atoms with van der Waals surface area (Å²) in [7, 11) is 0. The molecule has 2 fully saturated rings. The molecule has 0 aromatic carbocycles. The zero-order valence-electron chi connectivity index (χ0n) is 13.6. The van der Waals surface area contributed by atoms with Crippen molar-refractivity contribution in [3.8, 4) is 0 Å². The van der Waals surface area contributed by atoms with Crippen LogP contribution in [-0.4, -0.2) is 50.6 Å². The summed E-state index contributed by atoms with van der Waals surface area (Å²) in [4.78, 5) is 39.7. The van der Waals surface area contributed by atoms with E-state index in [9.17, 15) is 24.6 Å². The number of thiophene rings is 1. The van der Waals surface area contributed by atoms with Crippen molar-refractivity contribution in [2.45, 2.75) is 37.9 Å². The van der Waals surface area contributed by atoms with Crippen LogP contribution in [0, 0.1) is 11.8 Å². The summed E-state index contributed by atoms with van der Waals surface area (Å²) in [6, 6.07) is 2.99. The Kier molecular flexibility index (Phi) is 3.82. The van der Waals surface area contributed by atoms with Crippen molar-refractivity contribution in [1.82, 2.24) is 10.2 Å². The molecular formula is C16H20N2O5S. The Bertz CT molecular complexity index is 696. The van der Waals surface area contributed by atoms with Crippen molar-refractivity contribution in [1.29, 1.82) is 0 Å². The molecule has 2 aliphatic heterocycles. The van der Waals surface area contributed by atoms with Gasteiger partial charge in [-0.15, -0.1) is 11.3 Å². The fourth-order valence-corrected chi connectivity index (χ4v) is 4.61. The first-order chi connectivity index (χ1) is 11.1. The van der Waals surface area contributed by atoms with E-state index in [-0.39, 0.29) is 5.91 Å². The number of hydrogen-bond acceptors (Lipinski definition) is 6. The van der Waals surface area contributed by atoms with Crippen LogP contribution in [0.1, 0.15) is 31.7 Å². The Balaban J connectivity index is 2.15. The highest BCUT2D eigenvalue weighted by atomic mass is 32.1. The Labute approximate surface area is 143 Å². The van der Waals surface area contributed by atoms with E-state index in [0.29, 0.717) is 0 Å². The molecule has 24 heavy (non-hydrogen) atoms. The van der Waals surface area contributed by atoms with Crippen molar-refractivity contribution in [2.75, 3.05) is 6.61 Å². The lowest BCUT2D eigenvalue weighted by atomic mass is 9.80. The molecule has 130 valence electrons. The Morgan fingerprint density at radius 1 is 1.38 bits per heavy atom. The van der Waals surface area contributed by atoms with Crippen molar-refractivity contribution in [3.05, 3.63) is 22.4 Å². The number of amides is 2. The first-order valence-corrected chi connectivity index (χ1v) is 8.56. The fourth-order valence-electron chi connectivity index (χ4n) is 3.79. The van der Waals surface area contributed by atoms with E-state index in [2.05, 4.69) is 5.32 Å². The summed E-state index contributed by atoms with van der Waals surface area (Å²) < 4.78 is 0. The number of nitrogens with one attached hydrogen (secondary N) is 1. The van der Waals surface area contributed by atoms with Crippen LogP contribution in [0.25, 0.3) is 0 Å². The molecule has 3 rings (SSSR count). The maximum absolute atomic E-state index is 13.0. The Hall–Kier alpha value is -1.77. The second kappa shape index (κ2) is 5.37. The van der Waals surface area contributed by atoms with Crippen LogP contribution in [-0.2, 0) is 14.4 Å². The third kappa shape index (κ3) is 2.13. The zero-order valence-corrected chi connectivity index (χ0v) is 14.5. The van der Waals surface area contributed by atoms with Gasteiger partial charge < -0.3 is 10.2 Å². The van der Waals surface area contributed by atoms with Crippen LogP contribution in [0.15, 0.2) is 17.5 Å². The topological polar surface area (TPSA) is 107 Å². The van der Waals surface area contributed by atoms with Crippen LogP contribution >= 0.6 is 11.3 Å². The SMILES string of the molecule is CC(C)(C)N1C(=O)C2C(c3cccs3)NC(CO)(C(=O)O)C2C1=O. The van der Waals surface area contributed by atoms with Gasteiger partial charge in [0.1, 0.15) is 0 Å². The molecule has 1 aromatic rings. The van der Waals surface area contributed by atoms with E-state index in [0.717, 1.165) is 9.78 Å². The van der Waals surface area contributed by atoms with E-state index in [1.807, 2.05) is 5.38 Å². The number of carbonyl (C=O) groups is 3. The molecule has 0 aliphatic carbocycles. The summed E-state index contributed by atoms with van der Waals surface area (Å²) >= 11 is 1.38. The Morgan fingerprint density at radius 3 is 2.50 bits per heavy atom. The third-order valence-electron chi connectivity index (χ3n) is 4.81. The van der Waals surface area contributed by atoms with Gasteiger partial charge in [0.15, 0.2) is 5.54 Å². The molecule has 4 atom stereocenters. The van der Waals surface area contributed by atoms with Crippen LogP contribution in [0.3, 0.4) is 0 Å². The van der Waals surface area contributed by atoms with Crippen molar-refractivity contribution in [3.63, 3.8) is 0 Å². The van der Waals surface area contributed by atoms with Gasteiger partial charge in [-0.05, 0) is 32.2 Å². The minimum absolute atomic E-state index is 0.389. The van der Waals surface area contributed by atoms with Crippen LogP contribution in [0.5, 0.6) is 0 Å². The number of nitrogens with zero attached hydrogens (tertiary/aromatic N) is 1. The van der Waals surface area contributed by atoms with Gasteiger partial charge in [-0.2, -0.15) is 0 Å². The number of aliphatic carboxylic acids is 1. The third-order valence-corrected chi connectivity index (χ3v) is 5.76. The molecule has 0 radical (unpaired) electrons. The van der Waals surface area contributed by atoms with E-state index >= 15 is 0 Å². The van der Waals surface area contributed by atoms with Gasteiger partial charge in [-0.3, -0.25) is 24.6 Å². The van der Waals surface area contributed by atoms with Gasteiger partial charge in [0.05, 0.1) is 24.5 Å². The number of fused-ring (bicyclic) bond motifs is 1. The average Bonchev–Trinajstić information content (AvgIpc) is 3.15. The lowest BCUT2D eigenvalue weighted by Gasteiger charge is -2.34. The number of carboxylic acid groups (broad SMARTS) is 1. The van der Waals surface area contributed by atoms with Crippen molar-refractivity contribution in [2.24, 2.45) is 11.8 Å². The lowest BCUT2D eigenvalue weighted by molar-refractivity contribution is -0.155. The molecule has 3 heterocycles. The van der Waals surface area contributed by atoms with Gasteiger partial charge in [0.2, 0.25) is 11.8 Å². The number of rotatable bonds is 3. The van der Waals surface area contributed by atoms with E-state index in [1.165, 1.54) is 11.3 Å². The monoisotopic (exact) mass is 352 g/mol. The Morgan fingerprint density at radius 2 is 2.04 bits per heavy atom. The molecule has 2 saturated heterocycles. The largest absolute Gasteiger partial charge is 0.480 e. The second-order valence-corrected chi connectivity index (χ2v) is 8.24. The minimum atomic E-state index is -1.86. The molecule has 2 amide bonds. The summed E-state index contributed by atoms with van der Waals surface area (Å²) in [5.41, 5.74) is -2.61. The molecule has 0 saturated carbocycles. The second-order valence-electron chi connectivity index (χ2n) is 7.26. The molecule has 4 unspecified atom stereocenters. The minimum Gasteiger partial charge on any atom is -0.480 e. The molecule has 0 spiro atoms. The van der Waals surface area contributed by atoms with Gasteiger partial charge in [-0.25, -0.2) is 0 Å². The van der Waals surface area contributed by atoms with Crippen molar-refractivity contribution < 1.29 is 24.6 Å². The predicted octanol–water partition coefficient (Wildman–Crippen LogP) is 0.608. The highest BCUT2D eigenvalue weighted by molar-refractivity contribution is 7.10. The van der Waals surface area contributed by atoms with E-state index in [4.69, 9.17) is 0 Å². The number of carbonyl (C=O) groups excluding carboxylic acids is 2. The summed E-state index contributed by atoms with van der Waals surface area (Å²) in [6.45, 7) is 4.44. The first-order valence-electron chi connectivity index (χ1n) is 7.68. The zero-order chi connectivity index (χ0) is 17.9.